The van der Waals surface area contributed by atoms with Crippen molar-refractivity contribution in [3.63, 3.8) is 0 Å². The van der Waals surface area contributed by atoms with E-state index in [-0.39, 0.29) is 17.5 Å². The van der Waals surface area contributed by atoms with Gasteiger partial charge in [0.05, 0.1) is 5.39 Å². The number of piperidine rings is 1. The lowest BCUT2D eigenvalue weighted by molar-refractivity contribution is 0.0907. The van der Waals surface area contributed by atoms with E-state index < -0.39 is 0 Å². The highest BCUT2D eigenvalue weighted by atomic mass is 16.2. The summed E-state index contributed by atoms with van der Waals surface area (Å²) < 4.78 is 1.23. The van der Waals surface area contributed by atoms with Crippen molar-refractivity contribution in [2.24, 2.45) is 7.05 Å². The molecule has 0 unspecified atom stereocenters. The number of aromatic nitrogens is 2. The molecule has 1 fully saturated rings. The van der Waals surface area contributed by atoms with Crippen molar-refractivity contribution in [1.29, 1.82) is 0 Å². The molecular weight excluding hydrogens is 292 g/mol. The van der Waals surface area contributed by atoms with Gasteiger partial charge < -0.3 is 10.2 Å². The van der Waals surface area contributed by atoms with Gasteiger partial charge >= 0.3 is 0 Å². The van der Waals surface area contributed by atoms with Crippen molar-refractivity contribution in [2.45, 2.75) is 25.8 Å². The van der Waals surface area contributed by atoms with Crippen LogP contribution < -0.4 is 10.9 Å². The minimum atomic E-state index is -0.202. The average molecular weight is 314 g/mol. The van der Waals surface area contributed by atoms with Crippen LogP contribution in [-0.2, 0) is 7.05 Å². The second-order valence-electron chi connectivity index (χ2n) is 6.00. The Balaban J connectivity index is 1.84. The van der Waals surface area contributed by atoms with E-state index in [1.165, 1.54) is 4.68 Å². The largest absolute Gasteiger partial charge is 0.348 e. The highest BCUT2D eigenvalue weighted by molar-refractivity contribution is 6.04. The number of carbonyl (C=O) groups excluding carboxylic acids is 1. The topological polar surface area (TPSA) is 67.2 Å². The maximum Gasteiger partial charge on any atom is 0.274 e. The summed E-state index contributed by atoms with van der Waals surface area (Å²) in [5.74, 6) is -0.202. The smallest absolute Gasteiger partial charge is 0.274 e. The van der Waals surface area contributed by atoms with Crippen molar-refractivity contribution in [2.75, 3.05) is 19.6 Å². The number of carbonyl (C=O) groups is 1. The van der Waals surface area contributed by atoms with Crippen molar-refractivity contribution >= 4 is 16.7 Å². The van der Waals surface area contributed by atoms with Crippen molar-refractivity contribution < 1.29 is 4.79 Å². The normalized spacial score (nSPS) is 16.6. The van der Waals surface area contributed by atoms with Crippen molar-refractivity contribution in [3.8, 4) is 0 Å². The Morgan fingerprint density at radius 3 is 2.57 bits per heavy atom. The average Bonchev–Trinajstić information content (AvgIpc) is 2.58. The van der Waals surface area contributed by atoms with E-state index in [1.807, 2.05) is 6.07 Å². The number of hydrogen-bond donors (Lipinski definition) is 1. The third-order valence-corrected chi connectivity index (χ3v) is 4.54. The summed E-state index contributed by atoms with van der Waals surface area (Å²) in [4.78, 5) is 27.1. The van der Waals surface area contributed by atoms with Crippen LogP contribution in [0.15, 0.2) is 29.1 Å². The van der Waals surface area contributed by atoms with E-state index >= 15 is 0 Å². The molecule has 1 aromatic carbocycles. The predicted octanol–water partition coefficient (Wildman–Crippen LogP) is 1.15. The fourth-order valence-corrected chi connectivity index (χ4v) is 3.11. The van der Waals surface area contributed by atoms with Gasteiger partial charge in [-0.3, -0.25) is 9.59 Å². The Bertz CT molecular complexity index is 776. The standard InChI is InChI=1S/C17H22N4O2/c1-3-21-10-8-12(9-11-21)18-16(22)15-13-6-4-5-7-14(13)17(23)20(2)19-15/h4-7,12H,3,8-11H2,1-2H3,(H,18,22). The van der Waals surface area contributed by atoms with E-state index in [1.54, 1.807) is 25.2 Å². The lowest BCUT2D eigenvalue weighted by atomic mass is 10.0. The van der Waals surface area contributed by atoms with Crippen LogP contribution in [0.1, 0.15) is 30.3 Å². The first-order valence-electron chi connectivity index (χ1n) is 8.09. The second-order valence-corrected chi connectivity index (χ2v) is 6.00. The number of aryl methyl sites for hydroxylation is 1. The lowest BCUT2D eigenvalue weighted by Crippen LogP contribution is -2.45. The Kier molecular flexibility index (Phi) is 4.43. The SMILES string of the molecule is CCN1CCC(NC(=O)c2nn(C)c(=O)c3ccccc23)CC1. The van der Waals surface area contributed by atoms with Crippen LogP contribution in [0.25, 0.3) is 10.8 Å². The number of hydrogen-bond acceptors (Lipinski definition) is 4. The van der Waals surface area contributed by atoms with Gasteiger partial charge in [0, 0.05) is 31.6 Å². The first-order valence-corrected chi connectivity index (χ1v) is 8.09. The molecule has 23 heavy (non-hydrogen) atoms. The summed E-state index contributed by atoms with van der Waals surface area (Å²) in [5.41, 5.74) is 0.133. The van der Waals surface area contributed by atoms with Crippen LogP contribution in [0.2, 0.25) is 0 Å². The molecule has 1 aliphatic rings. The number of benzene rings is 1. The Labute approximate surface area is 135 Å². The summed E-state index contributed by atoms with van der Waals surface area (Å²) in [6.07, 6.45) is 1.90. The van der Waals surface area contributed by atoms with Gasteiger partial charge in [0.1, 0.15) is 0 Å². The molecule has 0 saturated carbocycles. The Morgan fingerprint density at radius 1 is 1.26 bits per heavy atom. The van der Waals surface area contributed by atoms with Crippen LogP contribution in [0, 0.1) is 0 Å². The molecule has 0 radical (unpaired) electrons. The summed E-state index contributed by atoms with van der Waals surface area (Å²) in [6, 6.07) is 7.29. The first-order chi connectivity index (χ1) is 11.1. The van der Waals surface area contributed by atoms with Gasteiger partial charge in [-0.15, -0.1) is 0 Å². The molecule has 6 nitrogen and oxygen atoms in total. The molecule has 1 aliphatic heterocycles. The molecule has 3 rings (SSSR count). The van der Waals surface area contributed by atoms with Crippen LogP contribution in [0.3, 0.4) is 0 Å². The van der Waals surface area contributed by atoms with E-state index in [4.69, 9.17) is 0 Å². The van der Waals surface area contributed by atoms with Crippen molar-refractivity contribution in [1.82, 2.24) is 20.0 Å². The molecule has 1 N–H and O–H groups in total. The third kappa shape index (κ3) is 3.12. The summed E-state index contributed by atoms with van der Waals surface area (Å²) in [7, 11) is 1.57. The minimum absolute atomic E-state index is 0.170. The quantitative estimate of drug-likeness (QED) is 0.923. The lowest BCUT2D eigenvalue weighted by Gasteiger charge is -2.31. The number of amides is 1. The third-order valence-electron chi connectivity index (χ3n) is 4.54. The fourth-order valence-electron chi connectivity index (χ4n) is 3.11. The number of nitrogens with one attached hydrogen (secondary N) is 1. The Hall–Kier alpha value is -2.21. The molecule has 1 aromatic heterocycles. The van der Waals surface area contributed by atoms with E-state index in [2.05, 4.69) is 22.2 Å². The van der Waals surface area contributed by atoms with Gasteiger partial charge in [0.2, 0.25) is 0 Å². The van der Waals surface area contributed by atoms with Gasteiger partial charge in [-0.25, -0.2) is 4.68 Å². The van der Waals surface area contributed by atoms with Gasteiger partial charge in [0.25, 0.3) is 11.5 Å². The van der Waals surface area contributed by atoms with E-state index in [9.17, 15) is 9.59 Å². The highest BCUT2D eigenvalue weighted by Crippen LogP contribution is 2.15. The summed E-state index contributed by atoms with van der Waals surface area (Å²) >= 11 is 0. The molecule has 0 spiro atoms. The number of rotatable bonds is 3. The summed E-state index contributed by atoms with van der Waals surface area (Å²) in [5, 5.41) is 8.39. The molecule has 6 heteroatoms. The fraction of sp³-hybridized carbons (Fsp3) is 0.471. The molecule has 2 heterocycles. The maximum atomic E-state index is 12.6. The molecule has 0 bridgehead atoms. The number of likely N-dealkylation sites (tertiary alicyclic amines) is 1. The van der Waals surface area contributed by atoms with Crippen LogP contribution in [0.4, 0.5) is 0 Å². The molecule has 122 valence electrons. The van der Waals surface area contributed by atoms with Crippen molar-refractivity contribution in [3.05, 3.63) is 40.3 Å². The predicted molar refractivity (Wildman–Crippen MR) is 89.6 cm³/mol. The second kappa shape index (κ2) is 6.50. The van der Waals surface area contributed by atoms with Crippen LogP contribution >= 0.6 is 0 Å². The molecule has 1 amide bonds. The van der Waals surface area contributed by atoms with Crippen LogP contribution in [0.5, 0.6) is 0 Å². The van der Waals surface area contributed by atoms with Crippen LogP contribution in [-0.4, -0.2) is 46.3 Å². The molecular formula is C17H22N4O2. The number of nitrogens with zero attached hydrogens (tertiary/aromatic N) is 3. The van der Waals surface area contributed by atoms with Gasteiger partial charge in [0.15, 0.2) is 5.69 Å². The maximum absolute atomic E-state index is 12.6. The van der Waals surface area contributed by atoms with Gasteiger partial charge in [-0.1, -0.05) is 25.1 Å². The first kappa shape index (κ1) is 15.7. The monoisotopic (exact) mass is 314 g/mol. The summed E-state index contributed by atoms with van der Waals surface area (Å²) in [6.45, 7) is 5.21. The highest BCUT2D eigenvalue weighted by Gasteiger charge is 2.22. The zero-order chi connectivity index (χ0) is 16.4. The van der Waals surface area contributed by atoms with E-state index in [0.29, 0.717) is 16.5 Å². The molecule has 0 atom stereocenters. The Morgan fingerprint density at radius 2 is 1.91 bits per heavy atom. The zero-order valence-corrected chi connectivity index (χ0v) is 13.6. The molecule has 0 aliphatic carbocycles. The van der Waals surface area contributed by atoms with Gasteiger partial charge in [-0.2, -0.15) is 5.10 Å². The van der Waals surface area contributed by atoms with E-state index in [0.717, 1.165) is 32.5 Å². The zero-order valence-electron chi connectivity index (χ0n) is 13.6. The number of fused-ring (bicyclic) bond motifs is 1. The minimum Gasteiger partial charge on any atom is -0.348 e. The molecule has 2 aromatic rings. The van der Waals surface area contributed by atoms with Gasteiger partial charge in [-0.05, 0) is 25.5 Å². The molecule has 1 saturated heterocycles.